The van der Waals surface area contributed by atoms with E-state index in [-0.39, 0.29) is 5.91 Å². The molecule has 1 aromatic rings. The van der Waals surface area contributed by atoms with Gasteiger partial charge in [0, 0.05) is 44.2 Å². The number of hydrazine groups is 1. The molecule has 2 aliphatic rings. The summed E-state index contributed by atoms with van der Waals surface area (Å²) in [4.78, 5) is 27.6. The number of benzene rings is 1. The zero-order valence-corrected chi connectivity index (χ0v) is 11.9. The van der Waals surface area contributed by atoms with Gasteiger partial charge in [-0.05, 0) is 24.1 Å². The molecular weight excluding hydrogens is 268 g/mol. The highest BCUT2D eigenvalue weighted by Gasteiger charge is 2.35. The summed E-state index contributed by atoms with van der Waals surface area (Å²) in [7, 11) is 0. The summed E-state index contributed by atoms with van der Waals surface area (Å²) in [6.07, 6.45) is 1.65. The van der Waals surface area contributed by atoms with Crippen LogP contribution in [0.5, 0.6) is 0 Å². The molecule has 1 atom stereocenters. The summed E-state index contributed by atoms with van der Waals surface area (Å²) >= 11 is 0. The number of nitrogens with zero attached hydrogens (tertiary/aromatic N) is 2. The number of rotatable bonds is 3. The van der Waals surface area contributed by atoms with Gasteiger partial charge in [0.2, 0.25) is 5.91 Å². The fourth-order valence-corrected chi connectivity index (χ4v) is 3.22. The van der Waals surface area contributed by atoms with Crippen LogP contribution in [-0.4, -0.2) is 47.3 Å². The van der Waals surface area contributed by atoms with Gasteiger partial charge in [-0.15, -0.1) is 0 Å². The van der Waals surface area contributed by atoms with Crippen LogP contribution in [0.3, 0.4) is 0 Å². The Bertz CT molecular complexity index is 560. The van der Waals surface area contributed by atoms with E-state index in [1.165, 1.54) is 0 Å². The number of fused-ring (bicyclic) bond motifs is 1. The highest BCUT2D eigenvalue weighted by Crippen LogP contribution is 2.23. The minimum atomic E-state index is -0.275. The van der Waals surface area contributed by atoms with Crippen LogP contribution in [0, 0.1) is 0 Å². The minimum absolute atomic E-state index is 0.275. The van der Waals surface area contributed by atoms with Crippen molar-refractivity contribution < 1.29 is 9.59 Å². The van der Waals surface area contributed by atoms with Crippen LogP contribution < -0.4 is 11.3 Å². The van der Waals surface area contributed by atoms with E-state index in [2.05, 4.69) is 10.3 Å². The van der Waals surface area contributed by atoms with Crippen molar-refractivity contribution in [1.29, 1.82) is 0 Å². The second kappa shape index (κ2) is 5.83. The number of nitrogens with two attached hydrogens (primary N) is 1. The third-order valence-electron chi connectivity index (χ3n) is 4.31. The molecular formula is C15H20N4O2. The lowest BCUT2D eigenvalue weighted by atomic mass is 10.1. The Kier molecular flexibility index (Phi) is 3.90. The smallest absolute Gasteiger partial charge is 0.265 e. The number of carbonyl (C=O) groups excluding carboxylic acids is 2. The number of carbonyl (C=O) groups is 2. The molecule has 0 spiro atoms. The first kappa shape index (κ1) is 14.0. The molecule has 0 radical (unpaired) electrons. The Balaban J connectivity index is 1.65. The summed E-state index contributed by atoms with van der Waals surface area (Å²) in [5, 5.41) is 0. The van der Waals surface area contributed by atoms with Gasteiger partial charge in [-0.3, -0.25) is 19.9 Å². The van der Waals surface area contributed by atoms with Crippen molar-refractivity contribution in [3.63, 3.8) is 0 Å². The average Bonchev–Trinajstić information content (AvgIpc) is 2.87. The van der Waals surface area contributed by atoms with E-state index in [1.807, 2.05) is 23.1 Å². The summed E-state index contributed by atoms with van der Waals surface area (Å²) in [5.74, 6) is 5.18. The molecule has 6 heteroatoms. The maximum atomic E-state index is 11.7. The first-order valence-corrected chi connectivity index (χ1v) is 7.29. The first-order chi connectivity index (χ1) is 10.2. The highest BCUT2D eigenvalue weighted by atomic mass is 16.2. The summed E-state index contributed by atoms with van der Waals surface area (Å²) in [6, 6.07) is 7.87. The molecule has 2 fully saturated rings. The second-order valence-electron chi connectivity index (χ2n) is 5.69. The number of hydrogen-bond donors (Lipinski definition) is 2. The van der Waals surface area contributed by atoms with Crippen LogP contribution in [0.4, 0.5) is 0 Å². The molecule has 0 aliphatic carbocycles. The molecule has 0 saturated carbocycles. The number of hydrogen-bond acceptors (Lipinski definition) is 4. The molecule has 6 nitrogen and oxygen atoms in total. The largest absolute Gasteiger partial charge is 0.337 e. The zero-order chi connectivity index (χ0) is 14.8. The summed E-state index contributed by atoms with van der Waals surface area (Å²) in [6.45, 7) is 3.41. The zero-order valence-electron chi connectivity index (χ0n) is 11.9. The average molecular weight is 288 g/mol. The van der Waals surface area contributed by atoms with Crippen LogP contribution in [0.15, 0.2) is 24.3 Å². The topological polar surface area (TPSA) is 78.7 Å². The van der Waals surface area contributed by atoms with E-state index < -0.39 is 0 Å². The summed E-state index contributed by atoms with van der Waals surface area (Å²) in [5.41, 5.74) is 3.82. The fourth-order valence-electron chi connectivity index (χ4n) is 3.22. The lowest BCUT2D eigenvalue weighted by Crippen LogP contribution is -2.50. The van der Waals surface area contributed by atoms with Crippen molar-refractivity contribution in [2.24, 2.45) is 5.84 Å². The van der Waals surface area contributed by atoms with Crippen LogP contribution in [0.1, 0.15) is 28.8 Å². The predicted octanol–water partition coefficient (Wildman–Crippen LogP) is 0.0967. The van der Waals surface area contributed by atoms with Crippen molar-refractivity contribution in [1.82, 2.24) is 15.2 Å². The molecule has 3 rings (SSSR count). The van der Waals surface area contributed by atoms with Gasteiger partial charge in [0.15, 0.2) is 0 Å². The van der Waals surface area contributed by atoms with Crippen molar-refractivity contribution in [2.75, 3.05) is 19.6 Å². The van der Waals surface area contributed by atoms with Crippen LogP contribution >= 0.6 is 0 Å². The van der Waals surface area contributed by atoms with Gasteiger partial charge in [-0.2, -0.15) is 0 Å². The highest BCUT2D eigenvalue weighted by molar-refractivity contribution is 5.93. The van der Waals surface area contributed by atoms with Gasteiger partial charge in [-0.25, -0.2) is 5.84 Å². The Morgan fingerprint density at radius 1 is 1.38 bits per heavy atom. The Morgan fingerprint density at radius 3 is 3.05 bits per heavy atom. The van der Waals surface area contributed by atoms with E-state index in [0.717, 1.165) is 38.2 Å². The normalized spacial score (nSPS) is 22.2. The Hall–Kier alpha value is -1.92. The van der Waals surface area contributed by atoms with E-state index in [1.54, 1.807) is 6.07 Å². The van der Waals surface area contributed by atoms with Gasteiger partial charge in [0.25, 0.3) is 5.91 Å². The predicted molar refractivity (Wildman–Crippen MR) is 78.1 cm³/mol. The van der Waals surface area contributed by atoms with Gasteiger partial charge in [0.1, 0.15) is 0 Å². The van der Waals surface area contributed by atoms with Gasteiger partial charge in [0.05, 0.1) is 0 Å². The molecule has 0 bridgehead atoms. The SMILES string of the molecule is NNC(=O)c1cccc(CN2CCN3C(=O)CCC3C2)c1. The number of nitrogens with one attached hydrogen (secondary N) is 1. The lowest BCUT2D eigenvalue weighted by molar-refractivity contribution is -0.130. The van der Waals surface area contributed by atoms with Gasteiger partial charge in [-0.1, -0.05) is 12.1 Å². The molecule has 2 heterocycles. The van der Waals surface area contributed by atoms with Crippen molar-refractivity contribution >= 4 is 11.8 Å². The van der Waals surface area contributed by atoms with E-state index in [9.17, 15) is 9.59 Å². The van der Waals surface area contributed by atoms with E-state index in [4.69, 9.17) is 5.84 Å². The van der Waals surface area contributed by atoms with E-state index in [0.29, 0.717) is 23.9 Å². The Labute approximate surface area is 123 Å². The molecule has 21 heavy (non-hydrogen) atoms. The maximum Gasteiger partial charge on any atom is 0.265 e. The minimum Gasteiger partial charge on any atom is -0.337 e. The van der Waals surface area contributed by atoms with Gasteiger partial charge >= 0.3 is 0 Å². The molecule has 2 amide bonds. The van der Waals surface area contributed by atoms with Gasteiger partial charge < -0.3 is 4.90 Å². The molecule has 0 aromatic heterocycles. The van der Waals surface area contributed by atoms with Crippen molar-refractivity contribution in [2.45, 2.75) is 25.4 Å². The van der Waals surface area contributed by atoms with Crippen molar-refractivity contribution in [3.8, 4) is 0 Å². The quantitative estimate of drug-likeness (QED) is 0.470. The van der Waals surface area contributed by atoms with E-state index >= 15 is 0 Å². The van der Waals surface area contributed by atoms with Crippen LogP contribution in [0.25, 0.3) is 0 Å². The third kappa shape index (κ3) is 2.91. The van der Waals surface area contributed by atoms with Crippen LogP contribution in [-0.2, 0) is 11.3 Å². The Morgan fingerprint density at radius 2 is 2.24 bits per heavy atom. The fraction of sp³-hybridized carbons (Fsp3) is 0.467. The summed E-state index contributed by atoms with van der Waals surface area (Å²) < 4.78 is 0. The number of nitrogen functional groups attached to an aromatic ring is 1. The third-order valence-corrected chi connectivity index (χ3v) is 4.31. The maximum absolute atomic E-state index is 11.7. The molecule has 1 unspecified atom stereocenters. The molecule has 3 N–H and O–H groups in total. The number of piperazine rings is 1. The molecule has 1 aromatic carbocycles. The number of amides is 2. The van der Waals surface area contributed by atoms with Crippen molar-refractivity contribution in [3.05, 3.63) is 35.4 Å². The lowest BCUT2D eigenvalue weighted by Gasteiger charge is -2.37. The monoisotopic (exact) mass is 288 g/mol. The van der Waals surface area contributed by atoms with Crippen LogP contribution in [0.2, 0.25) is 0 Å². The second-order valence-corrected chi connectivity index (χ2v) is 5.69. The standard InChI is InChI=1S/C15H20N4O2/c16-17-15(21)12-3-1-2-11(8-12)9-18-6-7-19-13(10-18)4-5-14(19)20/h1-3,8,13H,4-7,9-10,16H2,(H,17,21). The molecule has 112 valence electrons. The first-order valence-electron chi connectivity index (χ1n) is 7.29. The molecule has 2 aliphatic heterocycles. The molecule has 2 saturated heterocycles.